The molecule has 1 N–H and O–H groups in total. The predicted octanol–water partition coefficient (Wildman–Crippen LogP) is 1.40. The Morgan fingerprint density at radius 2 is 2.44 bits per heavy atom. The van der Waals surface area contributed by atoms with Gasteiger partial charge in [0.15, 0.2) is 0 Å². The zero-order valence-electron chi connectivity index (χ0n) is 6.11. The first-order chi connectivity index (χ1) is 4.29. The average Bonchev–Trinajstić information content (AvgIpc) is 2.07. The summed E-state index contributed by atoms with van der Waals surface area (Å²) in [7, 11) is 0. The molecule has 2 atom stereocenters. The SMILES string of the molecule is C[C@@]12CC[C@H](CNC1)C2. The van der Waals surface area contributed by atoms with Gasteiger partial charge in [0, 0.05) is 6.54 Å². The van der Waals surface area contributed by atoms with E-state index in [1.54, 1.807) is 0 Å². The Kier molecular flexibility index (Phi) is 1.10. The minimum absolute atomic E-state index is 0.683. The molecule has 1 heterocycles. The number of hydrogen-bond donors (Lipinski definition) is 1. The minimum atomic E-state index is 0.683. The van der Waals surface area contributed by atoms with E-state index in [0.29, 0.717) is 5.41 Å². The van der Waals surface area contributed by atoms with Crippen LogP contribution in [0, 0.1) is 11.3 Å². The lowest BCUT2D eigenvalue weighted by Gasteiger charge is -2.29. The molecule has 0 unspecified atom stereocenters. The summed E-state index contributed by atoms with van der Waals surface area (Å²) in [6.07, 6.45) is 4.42. The number of nitrogens with one attached hydrogen (secondary N) is 1. The van der Waals surface area contributed by atoms with Crippen molar-refractivity contribution in [3.05, 3.63) is 0 Å². The normalized spacial score (nSPS) is 49.7. The summed E-state index contributed by atoms with van der Waals surface area (Å²) in [5, 5.41) is 3.49. The molecule has 0 radical (unpaired) electrons. The Hall–Kier alpha value is -0.0400. The zero-order chi connectivity index (χ0) is 6.32. The van der Waals surface area contributed by atoms with Crippen LogP contribution in [-0.2, 0) is 0 Å². The molecule has 1 nitrogen and oxygen atoms in total. The van der Waals surface area contributed by atoms with Gasteiger partial charge in [-0.05, 0) is 37.1 Å². The minimum Gasteiger partial charge on any atom is -0.316 e. The van der Waals surface area contributed by atoms with Gasteiger partial charge in [0.1, 0.15) is 0 Å². The van der Waals surface area contributed by atoms with Crippen LogP contribution in [0.4, 0.5) is 0 Å². The average molecular weight is 125 g/mol. The summed E-state index contributed by atoms with van der Waals surface area (Å²) in [5.41, 5.74) is 0.683. The van der Waals surface area contributed by atoms with E-state index in [2.05, 4.69) is 12.2 Å². The molecule has 1 aliphatic heterocycles. The first kappa shape index (κ1) is 5.72. The maximum absolute atomic E-state index is 3.49. The molecule has 0 aromatic heterocycles. The fraction of sp³-hybridized carbons (Fsp3) is 1.00. The topological polar surface area (TPSA) is 12.0 Å². The van der Waals surface area contributed by atoms with Crippen molar-refractivity contribution < 1.29 is 0 Å². The molecule has 0 spiro atoms. The van der Waals surface area contributed by atoms with E-state index in [0.717, 1.165) is 5.92 Å². The maximum Gasteiger partial charge on any atom is 0.000539 e. The number of rotatable bonds is 0. The summed E-state index contributed by atoms with van der Waals surface area (Å²) >= 11 is 0. The molecular formula is C8H15N. The van der Waals surface area contributed by atoms with Crippen LogP contribution in [0.3, 0.4) is 0 Å². The van der Waals surface area contributed by atoms with Gasteiger partial charge in [0.05, 0.1) is 0 Å². The number of piperidine rings is 1. The summed E-state index contributed by atoms with van der Waals surface area (Å²) in [6.45, 7) is 4.97. The molecular weight excluding hydrogens is 110 g/mol. The van der Waals surface area contributed by atoms with E-state index in [1.807, 2.05) is 0 Å². The predicted molar refractivity (Wildman–Crippen MR) is 38.3 cm³/mol. The van der Waals surface area contributed by atoms with Gasteiger partial charge < -0.3 is 5.32 Å². The molecule has 0 aromatic carbocycles. The molecule has 2 fully saturated rings. The second-order valence-electron chi connectivity index (χ2n) is 4.05. The molecule has 0 amide bonds. The molecule has 0 aromatic rings. The molecule has 2 aliphatic rings. The van der Waals surface area contributed by atoms with Gasteiger partial charge >= 0.3 is 0 Å². The molecule has 9 heavy (non-hydrogen) atoms. The molecule has 52 valence electrons. The highest BCUT2D eigenvalue weighted by Crippen LogP contribution is 2.42. The lowest BCUT2D eigenvalue weighted by atomic mass is 9.85. The second-order valence-corrected chi connectivity index (χ2v) is 4.05. The second kappa shape index (κ2) is 1.72. The van der Waals surface area contributed by atoms with Crippen molar-refractivity contribution in [2.75, 3.05) is 13.1 Å². The van der Waals surface area contributed by atoms with Crippen molar-refractivity contribution in [1.82, 2.24) is 5.32 Å². The van der Waals surface area contributed by atoms with Crippen LogP contribution in [0.15, 0.2) is 0 Å². The molecule has 2 bridgehead atoms. The van der Waals surface area contributed by atoms with Gasteiger partial charge in [-0.25, -0.2) is 0 Å². The van der Waals surface area contributed by atoms with Crippen LogP contribution >= 0.6 is 0 Å². The standard InChI is InChI=1S/C8H15N/c1-8-3-2-7(4-8)5-9-6-8/h7,9H,2-6H2,1H3/t7-,8-/m0/s1. The van der Waals surface area contributed by atoms with E-state index in [9.17, 15) is 0 Å². The van der Waals surface area contributed by atoms with Gasteiger partial charge in [0.2, 0.25) is 0 Å². The highest BCUT2D eigenvalue weighted by molar-refractivity contribution is 4.92. The maximum atomic E-state index is 3.49. The van der Waals surface area contributed by atoms with Crippen LogP contribution in [-0.4, -0.2) is 13.1 Å². The summed E-state index contributed by atoms with van der Waals surface area (Å²) < 4.78 is 0. The van der Waals surface area contributed by atoms with E-state index in [-0.39, 0.29) is 0 Å². The smallest absolute Gasteiger partial charge is 0.000539 e. The Labute approximate surface area is 56.8 Å². The Morgan fingerprint density at radius 1 is 1.56 bits per heavy atom. The van der Waals surface area contributed by atoms with Crippen LogP contribution in [0.1, 0.15) is 26.2 Å². The van der Waals surface area contributed by atoms with Crippen LogP contribution < -0.4 is 5.32 Å². The first-order valence-corrected chi connectivity index (χ1v) is 3.99. The van der Waals surface area contributed by atoms with Crippen LogP contribution in [0.2, 0.25) is 0 Å². The first-order valence-electron chi connectivity index (χ1n) is 3.99. The Morgan fingerprint density at radius 3 is 3.11 bits per heavy atom. The van der Waals surface area contributed by atoms with E-state index in [4.69, 9.17) is 0 Å². The third-order valence-electron chi connectivity index (χ3n) is 2.92. The third-order valence-corrected chi connectivity index (χ3v) is 2.92. The van der Waals surface area contributed by atoms with Crippen molar-refractivity contribution in [2.45, 2.75) is 26.2 Å². The number of hydrogen-bond acceptors (Lipinski definition) is 1. The van der Waals surface area contributed by atoms with Crippen molar-refractivity contribution in [3.63, 3.8) is 0 Å². The summed E-state index contributed by atoms with van der Waals surface area (Å²) in [4.78, 5) is 0. The van der Waals surface area contributed by atoms with E-state index in [1.165, 1.54) is 32.4 Å². The van der Waals surface area contributed by atoms with Gasteiger partial charge in [-0.1, -0.05) is 6.92 Å². The zero-order valence-corrected chi connectivity index (χ0v) is 6.11. The third kappa shape index (κ3) is 0.877. The molecule has 1 saturated carbocycles. The van der Waals surface area contributed by atoms with Gasteiger partial charge in [-0.2, -0.15) is 0 Å². The quantitative estimate of drug-likeness (QED) is 0.516. The summed E-state index contributed by atoms with van der Waals surface area (Å²) in [5.74, 6) is 1.02. The Bertz CT molecular complexity index is 118. The summed E-state index contributed by atoms with van der Waals surface area (Å²) in [6, 6.07) is 0. The highest BCUT2D eigenvalue weighted by Gasteiger charge is 2.37. The van der Waals surface area contributed by atoms with Crippen molar-refractivity contribution in [1.29, 1.82) is 0 Å². The van der Waals surface area contributed by atoms with E-state index < -0.39 is 0 Å². The Balaban J connectivity index is 2.13. The lowest BCUT2D eigenvalue weighted by Crippen LogP contribution is -2.36. The molecule has 2 rings (SSSR count). The lowest BCUT2D eigenvalue weighted by molar-refractivity contribution is 0.258. The van der Waals surface area contributed by atoms with Gasteiger partial charge in [-0.15, -0.1) is 0 Å². The van der Waals surface area contributed by atoms with Crippen molar-refractivity contribution >= 4 is 0 Å². The molecule has 1 saturated heterocycles. The monoisotopic (exact) mass is 125 g/mol. The van der Waals surface area contributed by atoms with Crippen molar-refractivity contribution in [3.8, 4) is 0 Å². The highest BCUT2D eigenvalue weighted by atomic mass is 14.9. The largest absolute Gasteiger partial charge is 0.316 e. The van der Waals surface area contributed by atoms with Crippen molar-refractivity contribution in [2.24, 2.45) is 11.3 Å². The fourth-order valence-corrected chi connectivity index (χ4v) is 2.37. The van der Waals surface area contributed by atoms with Gasteiger partial charge in [-0.3, -0.25) is 0 Å². The van der Waals surface area contributed by atoms with Crippen LogP contribution in [0.25, 0.3) is 0 Å². The molecule has 1 heteroatoms. The van der Waals surface area contributed by atoms with Gasteiger partial charge in [0.25, 0.3) is 0 Å². The number of fused-ring (bicyclic) bond motifs is 2. The fourth-order valence-electron chi connectivity index (χ4n) is 2.37. The molecule has 1 aliphatic carbocycles. The van der Waals surface area contributed by atoms with E-state index >= 15 is 0 Å². The van der Waals surface area contributed by atoms with Crippen LogP contribution in [0.5, 0.6) is 0 Å².